The highest BCUT2D eigenvalue weighted by Gasteiger charge is 2.19. The van der Waals surface area contributed by atoms with Crippen LogP contribution in [0.4, 0.5) is 0 Å². The molecule has 1 unspecified atom stereocenters. The summed E-state index contributed by atoms with van der Waals surface area (Å²) in [6.07, 6.45) is 1.74. The van der Waals surface area contributed by atoms with Crippen molar-refractivity contribution in [3.05, 3.63) is 41.2 Å². The predicted molar refractivity (Wildman–Crippen MR) is 86.9 cm³/mol. The lowest BCUT2D eigenvalue weighted by molar-refractivity contribution is 0.163. The summed E-state index contributed by atoms with van der Waals surface area (Å²) in [5, 5.41) is 4.08. The van der Waals surface area contributed by atoms with E-state index in [1.807, 2.05) is 24.3 Å². The molecule has 6 heteroatoms. The fourth-order valence-corrected chi connectivity index (χ4v) is 2.65. The number of benzene rings is 1. The van der Waals surface area contributed by atoms with Gasteiger partial charge in [-0.05, 0) is 25.1 Å². The van der Waals surface area contributed by atoms with E-state index in [9.17, 15) is 0 Å². The van der Waals surface area contributed by atoms with Gasteiger partial charge in [-0.2, -0.15) is 0 Å². The van der Waals surface area contributed by atoms with Gasteiger partial charge >= 0.3 is 0 Å². The van der Waals surface area contributed by atoms with E-state index in [0.717, 1.165) is 37.4 Å². The first-order valence-corrected chi connectivity index (χ1v) is 7.25. The Morgan fingerprint density at radius 2 is 2.33 bits per heavy atom. The SMILES string of the molecule is CC1CNCCN1Cc1coc(-c2cccc(Cl)c2)n1.Cl. The lowest BCUT2D eigenvalue weighted by Gasteiger charge is -2.33. The summed E-state index contributed by atoms with van der Waals surface area (Å²) in [6, 6.07) is 8.09. The fraction of sp³-hybridized carbons (Fsp3) is 0.400. The van der Waals surface area contributed by atoms with Crippen LogP contribution in [-0.4, -0.2) is 35.6 Å². The molecule has 114 valence electrons. The second kappa shape index (κ2) is 7.27. The van der Waals surface area contributed by atoms with Gasteiger partial charge in [0.25, 0.3) is 0 Å². The van der Waals surface area contributed by atoms with Gasteiger partial charge in [0.2, 0.25) is 5.89 Å². The molecule has 1 aromatic heterocycles. The minimum absolute atomic E-state index is 0. The Morgan fingerprint density at radius 1 is 1.48 bits per heavy atom. The van der Waals surface area contributed by atoms with Crippen LogP contribution in [0.1, 0.15) is 12.6 Å². The Labute approximate surface area is 135 Å². The molecule has 0 saturated carbocycles. The van der Waals surface area contributed by atoms with E-state index in [-0.39, 0.29) is 12.4 Å². The topological polar surface area (TPSA) is 41.3 Å². The van der Waals surface area contributed by atoms with Gasteiger partial charge in [-0.25, -0.2) is 4.98 Å². The Hall–Kier alpha value is -1.07. The molecule has 0 aliphatic carbocycles. The van der Waals surface area contributed by atoms with E-state index in [1.165, 1.54) is 0 Å². The fourth-order valence-electron chi connectivity index (χ4n) is 2.46. The van der Waals surface area contributed by atoms with Crippen LogP contribution in [0.2, 0.25) is 5.02 Å². The highest BCUT2D eigenvalue weighted by atomic mass is 35.5. The van der Waals surface area contributed by atoms with Crippen molar-refractivity contribution in [1.82, 2.24) is 15.2 Å². The average molecular weight is 328 g/mol. The zero-order valence-electron chi connectivity index (χ0n) is 11.9. The van der Waals surface area contributed by atoms with E-state index in [4.69, 9.17) is 16.0 Å². The summed E-state index contributed by atoms with van der Waals surface area (Å²) in [4.78, 5) is 6.98. The standard InChI is InChI=1S/C15H18ClN3O.ClH/c1-11-8-17-5-6-19(11)9-14-10-20-15(18-14)12-3-2-4-13(16)7-12;/h2-4,7,10-11,17H,5-6,8-9H2,1H3;1H. The van der Waals surface area contributed by atoms with Gasteiger partial charge in [0.1, 0.15) is 6.26 Å². The van der Waals surface area contributed by atoms with Gasteiger partial charge in [-0.15, -0.1) is 12.4 Å². The number of rotatable bonds is 3. The van der Waals surface area contributed by atoms with Crippen molar-refractivity contribution < 1.29 is 4.42 Å². The van der Waals surface area contributed by atoms with Gasteiger partial charge in [-0.1, -0.05) is 17.7 Å². The minimum atomic E-state index is 0. The maximum atomic E-state index is 5.99. The molecule has 0 radical (unpaired) electrons. The van der Waals surface area contributed by atoms with Gasteiger partial charge in [-0.3, -0.25) is 4.90 Å². The third-order valence-electron chi connectivity index (χ3n) is 3.63. The van der Waals surface area contributed by atoms with Crippen LogP contribution in [-0.2, 0) is 6.54 Å². The van der Waals surface area contributed by atoms with Crippen LogP contribution in [0.15, 0.2) is 34.9 Å². The summed E-state index contributed by atoms with van der Waals surface area (Å²) in [6.45, 7) is 6.15. The van der Waals surface area contributed by atoms with Crippen molar-refractivity contribution in [3.63, 3.8) is 0 Å². The van der Waals surface area contributed by atoms with E-state index >= 15 is 0 Å². The molecule has 2 heterocycles. The van der Waals surface area contributed by atoms with Gasteiger partial charge in [0.05, 0.1) is 5.69 Å². The minimum Gasteiger partial charge on any atom is -0.444 e. The average Bonchev–Trinajstić information content (AvgIpc) is 2.90. The number of hydrogen-bond acceptors (Lipinski definition) is 4. The molecule has 0 spiro atoms. The first kappa shape index (κ1) is 16.3. The number of nitrogens with zero attached hydrogens (tertiary/aromatic N) is 2. The lowest BCUT2D eigenvalue weighted by atomic mass is 10.2. The summed E-state index contributed by atoms with van der Waals surface area (Å²) in [5.41, 5.74) is 1.88. The Morgan fingerprint density at radius 3 is 3.10 bits per heavy atom. The Kier molecular flexibility index (Phi) is 5.65. The van der Waals surface area contributed by atoms with Crippen LogP contribution in [0, 0.1) is 0 Å². The molecule has 1 atom stereocenters. The van der Waals surface area contributed by atoms with Gasteiger partial charge < -0.3 is 9.73 Å². The second-order valence-corrected chi connectivity index (χ2v) is 5.61. The summed E-state index contributed by atoms with van der Waals surface area (Å²) >= 11 is 5.99. The van der Waals surface area contributed by atoms with E-state index in [0.29, 0.717) is 17.0 Å². The second-order valence-electron chi connectivity index (χ2n) is 5.18. The van der Waals surface area contributed by atoms with E-state index in [2.05, 4.69) is 22.1 Å². The third-order valence-corrected chi connectivity index (χ3v) is 3.86. The van der Waals surface area contributed by atoms with Crippen molar-refractivity contribution in [2.75, 3.05) is 19.6 Å². The van der Waals surface area contributed by atoms with Crippen LogP contribution in [0.3, 0.4) is 0 Å². The number of nitrogens with one attached hydrogen (secondary N) is 1. The molecule has 1 aliphatic heterocycles. The van der Waals surface area contributed by atoms with Crippen LogP contribution in [0.5, 0.6) is 0 Å². The number of piperazine rings is 1. The summed E-state index contributed by atoms with van der Waals surface area (Å²) in [5.74, 6) is 0.630. The molecule has 0 bridgehead atoms. The van der Waals surface area contributed by atoms with E-state index < -0.39 is 0 Å². The zero-order chi connectivity index (χ0) is 13.9. The first-order chi connectivity index (χ1) is 9.72. The zero-order valence-corrected chi connectivity index (χ0v) is 13.5. The molecular weight excluding hydrogens is 309 g/mol. The van der Waals surface area contributed by atoms with Crippen molar-refractivity contribution >= 4 is 24.0 Å². The lowest BCUT2D eigenvalue weighted by Crippen LogP contribution is -2.49. The maximum Gasteiger partial charge on any atom is 0.226 e. The third kappa shape index (κ3) is 3.98. The van der Waals surface area contributed by atoms with E-state index in [1.54, 1.807) is 6.26 Å². The number of aromatic nitrogens is 1. The molecule has 1 aromatic carbocycles. The molecule has 1 N–H and O–H groups in total. The highest BCUT2D eigenvalue weighted by Crippen LogP contribution is 2.22. The Balaban J connectivity index is 0.00000161. The molecule has 4 nitrogen and oxygen atoms in total. The smallest absolute Gasteiger partial charge is 0.226 e. The number of oxazole rings is 1. The maximum absolute atomic E-state index is 5.99. The van der Waals surface area contributed by atoms with Crippen LogP contribution < -0.4 is 5.32 Å². The highest BCUT2D eigenvalue weighted by molar-refractivity contribution is 6.30. The molecule has 2 aromatic rings. The van der Waals surface area contributed by atoms with Crippen molar-refractivity contribution in [2.45, 2.75) is 19.5 Å². The number of hydrogen-bond donors (Lipinski definition) is 1. The van der Waals surface area contributed by atoms with Crippen LogP contribution in [0.25, 0.3) is 11.5 Å². The molecule has 0 amide bonds. The van der Waals surface area contributed by atoms with Crippen molar-refractivity contribution in [1.29, 1.82) is 0 Å². The molecule has 1 aliphatic rings. The van der Waals surface area contributed by atoms with Crippen molar-refractivity contribution in [3.8, 4) is 11.5 Å². The first-order valence-electron chi connectivity index (χ1n) is 6.87. The molecule has 1 fully saturated rings. The summed E-state index contributed by atoms with van der Waals surface area (Å²) < 4.78 is 5.57. The monoisotopic (exact) mass is 327 g/mol. The molecule has 21 heavy (non-hydrogen) atoms. The predicted octanol–water partition coefficient (Wildman–Crippen LogP) is 3.21. The largest absolute Gasteiger partial charge is 0.444 e. The van der Waals surface area contributed by atoms with Gasteiger partial charge in [0.15, 0.2) is 0 Å². The molecule has 1 saturated heterocycles. The normalized spacial score (nSPS) is 19.2. The van der Waals surface area contributed by atoms with Gasteiger partial charge in [0, 0.05) is 42.8 Å². The van der Waals surface area contributed by atoms with Crippen LogP contribution >= 0.6 is 24.0 Å². The van der Waals surface area contributed by atoms with Crippen molar-refractivity contribution in [2.24, 2.45) is 0 Å². The number of halogens is 2. The summed E-state index contributed by atoms with van der Waals surface area (Å²) in [7, 11) is 0. The Bertz CT molecular complexity index is 588. The quantitative estimate of drug-likeness (QED) is 0.939. The molecule has 3 rings (SSSR count). The molecular formula is C15H19Cl2N3O.